The molecule has 0 aliphatic rings. The number of rotatable bonds is 4. The van der Waals surface area contributed by atoms with E-state index in [1.54, 1.807) is 24.3 Å². The Balaban J connectivity index is 1.93. The van der Waals surface area contributed by atoms with Crippen LogP contribution in [0.1, 0.15) is 17.2 Å². The van der Waals surface area contributed by atoms with Crippen LogP contribution in [0.15, 0.2) is 65.8 Å². The van der Waals surface area contributed by atoms with E-state index in [2.05, 4.69) is 10.5 Å². The number of aliphatic hydroxyl groups is 1. The lowest BCUT2D eigenvalue weighted by molar-refractivity contribution is -0.129. The molecule has 4 nitrogen and oxygen atoms in total. The molecule has 2 rings (SSSR count). The number of amides is 1. The Hall–Kier alpha value is -2.46. The van der Waals surface area contributed by atoms with Crippen molar-refractivity contribution in [3.05, 3.63) is 71.8 Å². The molecular weight excluding hydrogens is 240 g/mol. The number of nitrogens with zero attached hydrogens (tertiary/aromatic N) is 1. The lowest BCUT2D eigenvalue weighted by Gasteiger charge is -2.08. The number of aliphatic hydroxyl groups excluding tert-OH is 1. The van der Waals surface area contributed by atoms with Gasteiger partial charge in [0.05, 0.1) is 6.21 Å². The number of hydrogen-bond donors (Lipinski definition) is 2. The van der Waals surface area contributed by atoms with Crippen molar-refractivity contribution in [1.82, 2.24) is 5.43 Å². The summed E-state index contributed by atoms with van der Waals surface area (Å²) in [5.74, 6) is -0.557. The van der Waals surface area contributed by atoms with Crippen molar-refractivity contribution >= 4 is 12.1 Å². The van der Waals surface area contributed by atoms with E-state index in [-0.39, 0.29) is 0 Å². The number of hydrazone groups is 1. The molecule has 0 fully saturated rings. The van der Waals surface area contributed by atoms with Crippen LogP contribution < -0.4 is 5.43 Å². The first-order valence-corrected chi connectivity index (χ1v) is 5.88. The van der Waals surface area contributed by atoms with E-state index in [0.717, 1.165) is 5.56 Å². The van der Waals surface area contributed by atoms with Gasteiger partial charge in [0.15, 0.2) is 6.10 Å². The molecule has 2 N–H and O–H groups in total. The Labute approximate surface area is 111 Å². The molecule has 4 heteroatoms. The van der Waals surface area contributed by atoms with Gasteiger partial charge in [-0.1, -0.05) is 60.7 Å². The second kappa shape index (κ2) is 6.47. The lowest BCUT2D eigenvalue weighted by Crippen LogP contribution is -2.25. The van der Waals surface area contributed by atoms with Gasteiger partial charge in [-0.15, -0.1) is 0 Å². The predicted octanol–water partition coefficient (Wildman–Crippen LogP) is 1.87. The van der Waals surface area contributed by atoms with Crippen LogP contribution in [0.4, 0.5) is 0 Å². The molecule has 0 aliphatic carbocycles. The molecule has 1 atom stereocenters. The minimum atomic E-state index is -1.21. The van der Waals surface area contributed by atoms with E-state index >= 15 is 0 Å². The zero-order valence-corrected chi connectivity index (χ0v) is 10.2. The Morgan fingerprint density at radius 2 is 1.63 bits per heavy atom. The van der Waals surface area contributed by atoms with Crippen molar-refractivity contribution in [3.63, 3.8) is 0 Å². The Kier molecular flexibility index (Phi) is 4.42. The molecule has 19 heavy (non-hydrogen) atoms. The van der Waals surface area contributed by atoms with Crippen LogP contribution in [0, 0.1) is 0 Å². The fourth-order valence-corrected chi connectivity index (χ4v) is 1.56. The minimum Gasteiger partial charge on any atom is -0.378 e. The summed E-state index contributed by atoms with van der Waals surface area (Å²) in [6.45, 7) is 0. The summed E-state index contributed by atoms with van der Waals surface area (Å²) >= 11 is 0. The summed E-state index contributed by atoms with van der Waals surface area (Å²) in [4.78, 5) is 11.7. The van der Waals surface area contributed by atoms with Gasteiger partial charge in [0.25, 0.3) is 5.91 Å². The number of carbonyl (C=O) groups is 1. The second-order valence-electron chi connectivity index (χ2n) is 3.96. The first-order valence-electron chi connectivity index (χ1n) is 5.88. The topological polar surface area (TPSA) is 61.7 Å². The van der Waals surface area contributed by atoms with Gasteiger partial charge in [-0.05, 0) is 11.1 Å². The molecule has 0 unspecified atom stereocenters. The standard InChI is InChI=1S/C15H14N2O2/c18-14(13-9-5-2-6-10-13)15(19)17-16-11-12-7-3-1-4-8-12/h1-11,14,18H,(H,17,19)/b16-11-/t14-/m1/s1. The van der Waals surface area contributed by atoms with E-state index in [9.17, 15) is 9.90 Å². The lowest BCUT2D eigenvalue weighted by atomic mass is 10.1. The van der Waals surface area contributed by atoms with Crippen LogP contribution in [0.5, 0.6) is 0 Å². The average Bonchev–Trinajstić information content (AvgIpc) is 2.48. The van der Waals surface area contributed by atoms with Crippen LogP contribution in [0.25, 0.3) is 0 Å². The molecule has 2 aromatic rings. The van der Waals surface area contributed by atoms with E-state index in [4.69, 9.17) is 0 Å². The zero-order chi connectivity index (χ0) is 13.5. The van der Waals surface area contributed by atoms with Crippen molar-refractivity contribution in [2.75, 3.05) is 0 Å². The van der Waals surface area contributed by atoms with Crippen LogP contribution in [-0.2, 0) is 4.79 Å². The quantitative estimate of drug-likeness (QED) is 0.646. The first kappa shape index (κ1) is 13.0. The highest BCUT2D eigenvalue weighted by molar-refractivity contribution is 5.84. The van der Waals surface area contributed by atoms with Gasteiger partial charge in [0.1, 0.15) is 0 Å². The van der Waals surface area contributed by atoms with Gasteiger partial charge in [-0.3, -0.25) is 4.79 Å². The Bertz CT molecular complexity index is 553. The monoisotopic (exact) mass is 254 g/mol. The number of hydrogen-bond acceptors (Lipinski definition) is 3. The van der Waals surface area contributed by atoms with Gasteiger partial charge < -0.3 is 5.11 Å². The minimum absolute atomic E-state index is 0.537. The average molecular weight is 254 g/mol. The van der Waals surface area contributed by atoms with Crippen molar-refractivity contribution in [2.24, 2.45) is 5.10 Å². The highest BCUT2D eigenvalue weighted by Gasteiger charge is 2.15. The van der Waals surface area contributed by atoms with E-state index in [1.165, 1.54) is 6.21 Å². The summed E-state index contributed by atoms with van der Waals surface area (Å²) in [6.07, 6.45) is 0.310. The molecule has 0 saturated carbocycles. The summed E-state index contributed by atoms with van der Waals surface area (Å²) in [5.41, 5.74) is 3.72. The van der Waals surface area contributed by atoms with Gasteiger partial charge >= 0.3 is 0 Å². The van der Waals surface area contributed by atoms with Crippen LogP contribution in [-0.4, -0.2) is 17.2 Å². The third-order valence-electron chi connectivity index (χ3n) is 2.55. The summed E-state index contributed by atoms with van der Waals surface area (Å²) in [6, 6.07) is 18.1. The molecular formula is C15H14N2O2. The third kappa shape index (κ3) is 3.76. The van der Waals surface area contributed by atoms with Crippen molar-refractivity contribution < 1.29 is 9.90 Å². The molecule has 0 heterocycles. The molecule has 1 amide bonds. The third-order valence-corrected chi connectivity index (χ3v) is 2.55. The zero-order valence-electron chi connectivity index (χ0n) is 10.2. The molecule has 96 valence electrons. The summed E-state index contributed by atoms with van der Waals surface area (Å²) < 4.78 is 0. The SMILES string of the molecule is O=C(N/N=C\c1ccccc1)[C@H](O)c1ccccc1. The molecule has 0 spiro atoms. The Morgan fingerprint density at radius 3 is 2.26 bits per heavy atom. The molecule has 0 radical (unpaired) electrons. The van der Waals surface area contributed by atoms with Crippen LogP contribution in [0.3, 0.4) is 0 Å². The first-order chi connectivity index (χ1) is 9.27. The van der Waals surface area contributed by atoms with Gasteiger partial charge in [-0.2, -0.15) is 5.10 Å². The normalized spacial score (nSPS) is 12.3. The van der Waals surface area contributed by atoms with Crippen molar-refractivity contribution in [1.29, 1.82) is 0 Å². The highest BCUT2D eigenvalue weighted by Crippen LogP contribution is 2.11. The van der Waals surface area contributed by atoms with Crippen molar-refractivity contribution in [3.8, 4) is 0 Å². The molecule has 0 aliphatic heterocycles. The maximum atomic E-state index is 11.7. The largest absolute Gasteiger partial charge is 0.378 e. The smallest absolute Gasteiger partial charge is 0.273 e. The van der Waals surface area contributed by atoms with Gasteiger partial charge in [-0.25, -0.2) is 5.43 Å². The maximum absolute atomic E-state index is 11.7. The van der Waals surface area contributed by atoms with Gasteiger partial charge in [0.2, 0.25) is 0 Å². The predicted molar refractivity (Wildman–Crippen MR) is 73.6 cm³/mol. The maximum Gasteiger partial charge on any atom is 0.273 e. The fraction of sp³-hybridized carbons (Fsp3) is 0.0667. The highest BCUT2D eigenvalue weighted by atomic mass is 16.3. The van der Waals surface area contributed by atoms with Crippen LogP contribution >= 0.6 is 0 Å². The number of nitrogens with one attached hydrogen (secondary N) is 1. The fourth-order valence-electron chi connectivity index (χ4n) is 1.56. The van der Waals surface area contributed by atoms with E-state index in [0.29, 0.717) is 5.56 Å². The molecule has 0 bridgehead atoms. The van der Waals surface area contributed by atoms with Gasteiger partial charge in [0, 0.05) is 0 Å². The summed E-state index contributed by atoms with van der Waals surface area (Å²) in [7, 11) is 0. The number of benzene rings is 2. The molecule has 0 saturated heterocycles. The van der Waals surface area contributed by atoms with Crippen molar-refractivity contribution in [2.45, 2.75) is 6.10 Å². The molecule has 2 aromatic carbocycles. The van der Waals surface area contributed by atoms with E-state index < -0.39 is 12.0 Å². The molecule has 0 aromatic heterocycles. The second-order valence-corrected chi connectivity index (χ2v) is 3.96. The van der Waals surface area contributed by atoms with E-state index in [1.807, 2.05) is 36.4 Å². The van der Waals surface area contributed by atoms with Crippen LogP contribution in [0.2, 0.25) is 0 Å². The number of carbonyl (C=O) groups excluding carboxylic acids is 1. The summed E-state index contributed by atoms with van der Waals surface area (Å²) in [5, 5.41) is 13.6. The Morgan fingerprint density at radius 1 is 1.05 bits per heavy atom.